The molecule has 1 unspecified atom stereocenters. The molecule has 0 aromatic carbocycles. The smallest absolute Gasteiger partial charge is 0.234 e. The zero-order valence-corrected chi connectivity index (χ0v) is 9.25. The minimum absolute atomic E-state index is 0.0106. The van der Waals surface area contributed by atoms with Crippen molar-refractivity contribution in [3.8, 4) is 0 Å². The highest BCUT2D eigenvalue weighted by Gasteiger charge is 2.03. The van der Waals surface area contributed by atoms with E-state index in [0.29, 0.717) is 19.1 Å². The Morgan fingerprint density at radius 2 is 2.40 bits per heavy atom. The van der Waals surface area contributed by atoms with E-state index in [-0.39, 0.29) is 5.91 Å². The van der Waals surface area contributed by atoms with Crippen LogP contribution in [0.4, 0.5) is 0 Å². The van der Waals surface area contributed by atoms with E-state index in [9.17, 15) is 4.79 Å². The molecule has 2 N–H and O–H groups in total. The van der Waals surface area contributed by atoms with Crippen LogP contribution in [0.1, 0.15) is 25.8 Å². The average molecular weight is 210 g/mol. The topological polar surface area (TPSA) is 54.3 Å². The van der Waals surface area contributed by atoms with Gasteiger partial charge < -0.3 is 15.1 Å². The summed E-state index contributed by atoms with van der Waals surface area (Å²) in [6.45, 7) is 5.04. The first-order valence-electron chi connectivity index (χ1n) is 5.23. The molecular weight excluding hydrogens is 192 g/mol. The SMILES string of the molecule is CCC(C)NCC(=O)NCc1ccoc1. The van der Waals surface area contributed by atoms with Gasteiger partial charge >= 0.3 is 0 Å². The molecule has 1 atom stereocenters. The van der Waals surface area contributed by atoms with Crippen molar-refractivity contribution in [1.29, 1.82) is 0 Å². The van der Waals surface area contributed by atoms with Crippen molar-refractivity contribution in [3.05, 3.63) is 24.2 Å². The number of furan rings is 1. The number of carbonyl (C=O) groups excluding carboxylic acids is 1. The summed E-state index contributed by atoms with van der Waals surface area (Å²) in [5.41, 5.74) is 0.979. The van der Waals surface area contributed by atoms with E-state index in [1.165, 1.54) is 0 Å². The summed E-state index contributed by atoms with van der Waals surface area (Å²) in [7, 11) is 0. The molecule has 15 heavy (non-hydrogen) atoms. The van der Waals surface area contributed by atoms with Crippen molar-refractivity contribution in [3.63, 3.8) is 0 Å². The summed E-state index contributed by atoms with van der Waals surface area (Å²) in [6.07, 6.45) is 4.25. The molecule has 1 amide bonds. The van der Waals surface area contributed by atoms with Crippen LogP contribution >= 0.6 is 0 Å². The molecule has 4 nitrogen and oxygen atoms in total. The molecule has 0 saturated carbocycles. The zero-order chi connectivity index (χ0) is 11.1. The second-order valence-electron chi connectivity index (χ2n) is 3.60. The molecule has 0 spiro atoms. The van der Waals surface area contributed by atoms with Gasteiger partial charge in [-0.1, -0.05) is 6.92 Å². The number of hydrogen-bond donors (Lipinski definition) is 2. The Hall–Kier alpha value is -1.29. The summed E-state index contributed by atoms with van der Waals surface area (Å²) in [5.74, 6) is 0.0106. The number of hydrogen-bond acceptors (Lipinski definition) is 3. The summed E-state index contributed by atoms with van der Waals surface area (Å²) in [4.78, 5) is 11.4. The molecule has 0 aliphatic heterocycles. The summed E-state index contributed by atoms with van der Waals surface area (Å²) >= 11 is 0. The van der Waals surface area contributed by atoms with Crippen molar-refractivity contribution in [2.75, 3.05) is 6.54 Å². The molecule has 0 aliphatic rings. The highest BCUT2D eigenvalue weighted by atomic mass is 16.3. The van der Waals surface area contributed by atoms with Crippen molar-refractivity contribution < 1.29 is 9.21 Å². The Morgan fingerprint density at radius 1 is 1.60 bits per heavy atom. The second-order valence-corrected chi connectivity index (χ2v) is 3.60. The number of carbonyl (C=O) groups is 1. The lowest BCUT2D eigenvalue weighted by Crippen LogP contribution is -2.37. The van der Waals surface area contributed by atoms with E-state index in [1.54, 1.807) is 12.5 Å². The van der Waals surface area contributed by atoms with Gasteiger partial charge in [-0.05, 0) is 19.4 Å². The Bertz CT molecular complexity index is 283. The quantitative estimate of drug-likeness (QED) is 0.743. The summed E-state index contributed by atoms with van der Waals surface area (Å²) in [5, 5.41) is 5.93. The standard InChI is InChI=1S/C11H18N2O2/c1-3-9(2)12-7-11(14)13-6-10-4-5-15-8-10/h4-5,8-9,12H,3,6-7H2,1-2H3,(H,13,14). The first-order valence-corrected chi connectivity index (χ1v) is 5.23. The third-order valence-electron chi connectivity index (χ3n) is 2.29. The fourth-order valence-electron chi connectivity index (χ4n) is 1.07. The van der Waals surface area contributed by atoms with Gasteiger partial charge in [-0.2, -0.15) is 0 Å². The van der Waals surface area contributed by atoms with Crippen molar-refractivity contribution >= 4 is 5.91 Å². The Balaban J connectivity index is 2.14. The monoisotopic (exact) mass is 210 g/mol. The van der Waals surface area contributed by atoms with Crippen LogP contribution in [0.25, 0.3) is 0 Å². The van der Waals surface area contributed by atoms with Crippen LogP contribution in [0.3, 0.4) is 0 Å². The molecule has 84 valence electrons. The predicted octanol–water partition coefficient (Wildman–Crippen LogP) is 1.28. The lowest BCUT2D eigenvalue weighted by atomic mass is 10.2. The molecule has 0 radical (unpaired) electrons. The van der Waals surface area contributed by atoms with Gasteiger partial charge in [0.1, 0.15) is 0 Å². The van der Waals surface area contributed by atoms with Gasteiger partial charge in [-0.3, -0.25) is 4.79 Å². The van der Waals surface area contributed by atoms with Crippen LogP contribution in [-0.4, -0.2) is 18.5 Å². The Labute approximate surface area is 90.0 Å². The molecule has 1 heterocycles. The predicted molar refractivity (Wildman–Crippen MR) is 58.3 cm³/mol. The van der Waals surface area contributed by atoms with Crippen molar-refractivity contribution in [2.24, 2.45) is 0 Å². The van der Waals surface area contributed by atoms with Crippen LogP contribution in [0.15, 0.2) is 23.0 Å². The molecule has 0 aliphatic carbocycles. The van der Waals surface area contributed by atoms with Crippen molar-refractivity contribution in [2.45, 2.75) is 32.9 Å². The van der Waals surface area contributed by atoms with Crippen LogP contribution < -0.4 is 10.6 Å². The average Bonchev–Trinajstić information content (AvgIpc) is 2.75. The summed E-state index contributed by atoms with van der Waals surface area (Å²) in [6, 6.07) is 2.22. The molecule has 0 saturated heterocycles. The molecule has 1 aromatic rings. The van der Waals surface area contributed by atoms with Crippen LogP contribution in [0.5, 0.6) is 0 Å². The first-order chi connectivity index (χ1) is 7.22. The largest absolute Gasteiger partial charge is 0.472 e. The fraction of sp³-hybridized carbons (Fsp3) is 0.545. The van der Waals surface area contributed by atoms with Crippen LogP contribution in [0, 0.1) is 0 Å². The molecule has 4 heteroatoms. The minimum Gasteiger partial charge on any atom is -0.472 e. The second kappa shape index (κ2) is 6.24. The number of rotatable bonds is 6. The zero-order valence-electron chi connectivity index (χ0n) is 9.25. The number of nitrogens with one attached hydrogen (secondary N) is 2. The van der Waals surface area contributed by atoms with Crippen molar-refractivity contribution in [1.82, 2.24) is 10.6 Å². The molecule has 1 rings (SSSR count). The maximum Gasteiger partial charge on any atom is 0.234 e. The number of amides is 1. The van der Waals surface area contributed by atoms with Gasteiger partial charge in [0.25, 0.3) is 0 Å². The highest BCUT2D eigenvalue weighted by molar-refractivity contribution is 5.77. The van der Waals surface area contributed by atoms with Gasteiger partial charge in [0.05, 0.1) is 19.1 Å². The van der Waals surface area contributed by atoms with Gasteiger partial charge in [-0.15, -0.1) is 0 Å². The molecule has 0 bridgehead atoms. The van der Waals surface area contributed by atoms with Crippen LogP contribution in [-0.2, 0) is 11.3 Å². The normalized spacial score (nSPS) is 12.4. The molecular formula is C11H18N2O2. The fourth-order valence-corrected chi connectivity index (χ4v) is 1.07. The summed E-state index contributed by atoms with van der Waals surface area (Å²) < 4.78 is 4.90. The van der Waals surface area contributed by atoms with Gasteiger partial charge in [0, 0.05) is 18.2 Å². The van der Waals surface area contributed by atoms with Crippen LogP contribution in [0.2, 0.25) is 0 Å². The third kappa shape index (κ3) is 4.65. The highest BCUT2D eigenvalue weighted by Crippen LogP contribution is 1.98. The van der Waals surface area contributed by atoms with E-state index in [2.05, 4.69) is 24.5 Å². The van der Waals surface area contributed by atoms with E-state index in [0.717, 1.165) is 12.0 Å². The third-order valence-corrected chi connectivity index (χ3v) is 2.29. The van der Waals surface area contributed by atoms with E-state index < -0.39 is 0 Å². The van der Waals surface area contributed by atoms with Gasteiger partial charge in [0.15, 0.2) is 0 Å². The Morgan fingerprint density at radius 3 is 3.00 bits per heavy atom. The maximum absolute atomic E-state index is 11.4. The van der Waals surface area contributed by atoms with Gasteiger partial charge in [0.2, 0.25) is 5.91 Å². The lowest BCUT2D eigenvalue weighted by molar-refractivity contribution is -0.120. The maximum atomic E-state index is 11.4. The molecule has 1 aromatic heterocycles. The molecule has 0 fully saturated rings. The first kappa shape index (κ1) is 11.8. The van der Waals surface area contributed by atoms with E-state index >= 15 is 0 Å². The Kier molecular flexibility index (Phi) is 4.90. The van der Waals surface area contributed by atoms with Gasteiger partial charge in [-0.25, -0.2) is 0 Å². The lowest BCUT2D eigenvalue weighted by Gasteiger charge is -2.10. The van der Waals surface area contributed by atoms with E-state index in [1.807, 2.05) is 6.07 Å². The van der Waals surface area contributed by atoms with E-state index in [4.69, 9.17) is 4.42 Å². The minimum atomic E-state index is 0.0106.